The van der Waals surface area contributed by atoms with Crippen molar-refractivity contribution in [2.24, 2.45) is 0 Å². The van der Waals surface area contributed by atoms with Crippen LogP contribution in [0.15, 0.2) is 33.5 Å². The van der Waals surface area contributed by atoms with Crippen molar-refractivity contribution >= 4 is 21.6 Å². The highest BCUT2D eigenvalue weighted by molar-refractivity contribution is 9.10. The maximum atomic E-state index is 12.8. The molecule has 0 aliphatic rings. The van der Waals surface area contributed by atoms with Gasteiger partial charge in [-0.3, -0.25) is 0 Å². The summed E-state index contributed by atoms with van der Waals surface area (Å²) in [7, 11) is 0. The summed E-state index contributed by atoms with van der Waals surface area (Å²) in [5.41, 5.74) is -0.692. The predicted octanol–water partition coefficient (Wildman–Crippen LogP) is 3.51. The average molecular weight is 336 g/mol. The van der Waals surface area contributed by atoms with Crippen LogP contribution >= 0.6 is 15.9 Å². The van der Waals surface area contributed by atoms with E-state index in [1.165, 1.54) is 18.5 Å². The zero-order valence-electron chi connectivity index (χ0n) is 9.54. The van der Waals surface area contributed by atoms with E-state index in [9.17, 15) is 13.2 Å². The van der Waals surface area contributed by atoms with Gasteiger partial charge in [-0.15, -0.1) is 0 Å². The van der Waals surface area contributed by atoms with Gasteiger partial charge >= 0.3 is 6.18 Å². The number of anilines is 1. The van der Waals surface area contributed by atoms with Crippen LogP contribution in [0.4, 0.5) is 18.9 Å². The number of aromatic nitrogens is 2. The maximum absolute atomic E-state index is 12.8. The first kappa shape index (κ1) is 13.9. The van der Waals surface area contributed by atoms with Crippen LogP contribution in [0.25, 0.3) is 0 Å². The number of hydrogen-bond donors (Lipinski definition) is 1. The highest BCUT2D eigenvalue weighted by Crippen LogP contribution is 2.36. The standard InChI is InChI=1S/C11H9BrF3N3O/c12-7-1-2-8(11(13,14)15)9(5-7)16-4-3-10-17-6-18-19-10/h1-2,5-6,16H,3-4H2. The molecule has 19 heavy (non-hydrogen) atoms. The van der Waals surface area contributed by atoms with Crippen LogP contribution < -0.4 is 5.32 Å². The molecule has 0 atom stereocenters. The summed E-state index contributed by atoms with van der Waals surface area (Å²) in [5.74, 6) is 0.371. The summed E-state index contributed by atoms with van der Waals surface area (Å²) in [5, 5.41) is 6.14. The molecule has 8 heteroatoms. The molecule has 0 radical (unpaired) electrons. The van der Waals surface area contributed by atoms with Crippen molar-refractivity contribution in [1.82, 2.24) is 10.1 Å². The van der Waals surface area contributed by atoms with Gasteiger partial charge in [0.15, 0.2) is 6.33 Å². The van der Waals surface area contributed by atoms with E-state index in [1.54, 1.807) is 0 Å². The van der Waals surface area contributed by atoms with E-state index in [1.807, 2.05) is 0 Å². The second-order valence-corrected chi connectivity index (χ2v) is 4.62. The Kier molecular flexibility index (Phi) is 4.08. The molecule has 0 saturated carbocycles. The van der Waals surface area contributed by atoms with Gasteiger partial charge in [0, 0.05) is 23.1 Å². The molecule has 0 unspecified atom stereocenters. The molecular weight excluding hydrogens is 327 g/mol. The molecule has 2 aromatic rings. The molecule has 2 rings (SSSR count). The minimum atomic E-state index is -4.40. The van der Waals surface area contributed by atoms with Gasteiger partial charge < -0.3 is 9.84 Å². The Morgan fingerprint density at radius 1 is 1.32 bits per heavy atom. The van der Waals surface area contributed by atoms with Gasteiger partial charge in [-0.1, -0.05) is 21.1 Å². The molecule has 0 bridgehead atoms. The molecule has 0 aliphatic carbocycles. The van der Waals surface area contributed by atoms with E-state index in [4.69, 9.17) is 4.52 Å². The van der Waals surface area contributed by atoms with Crippen LogP contribution in [0, 0.1) is 0 Å². The molecule has 1 heterocycles. The van der Waals surface area contributed by atoms with Crippen LogP contribution in [0.1, 0.15) is 11.5 Å². The van der Waals surface area contributed by atoms with Crippen LogP contribution in [-0.4, -0.2) is 16.7 Å². The lowest BCUT2D eigenvalue weighted by Gasteiger charge is -2.14. The monoisotopic (exact) mass is 335 g/mol. The minimum absolute atomic E-state index is 0.0152. The number of alkyl halides is 3. The first-order chi connectivity index (χ1) is 8.97. The lowest BCUT2D eigenvalue weighted by Crippen LogP contribution is -2.12. The molecule has 1 aromatic carbocycles. The average Bonchev–Trinajstić information content (AvgIpc) is 2.80. The molecule has 4 nitrogen and oxygen atoms in total. The summed E-state index contributed by atoms with van der Waals surface area (Å²) in [6.45, 7) is 0.266. The lowest BCUT2D eigenvalue weighted by atomic mass is 10.1. The Hall–Kier alpha value is -1.57. The van der Waals surface area contributed by atoms with Gasteiger partial charge in [0.1, 0.15) is 0 Å². The fourth-order valence-corrected chi connectivity index (χ4v) is 1.88. The van der Waals surface area contributed by atoms with E-state index in [-0.39, 0.29) is 12.2 Å². The Bertz CT molecular complexity index is 543. The topological polar surface area (TPSA) is 51.0 Å². The Morgan fingerprint density at radius 3 is 2.74 bits per heavy atom. The van der Waals surface area contributed by atoms with Gasteiger partial charge in [-0.05, 0) is 18.2 Å². The van der Waals surface area contributed by atoms with Crippen molar-refractivity contribution in [3.63, 3.8) is 0 Å². The molecule has 102 valence electrons. The summed E-state index contributed by atoms with van der Waals surface area (Å²) < 4.78 is 43.7. The largest absolute Gasteiger partial charge is 0.418 e. The van der Waals surface area contributed by atoms with E-state index in [2.05, 4.69) is 31.4 Å². The Balaban J connectivity index is 2.08. The minimum Gasteiger partial charge on any atom is -0.384 e. The lowest BCUT2D eigenvalue weighted by molar-refractivity contribution is -0.136. The van der Waals surface area contributed by atoms with Crippen molar-refractivity contribution in [2.75, 3.05) is 11.9 Å². The first-order valence-corrected chi connectivity index (χ1v) is 6.12. The molecule has 0 aliphatic heterocycles. The van der Waals surface area contributed by atoms with E-state index < -0.39 is 11.7 Å². The Morgan fingerprint density at radius 2 is 2.11 bits per heavy atom. The summed E-state index contributed by atoms with van der Waals surface area (Å²) in [4.78, 5) is 3.79. The summed E-state index contributed by atoms with van der Waals surface area (Å²) >= 11 is 3.15. The number of rotatable bonds is 4. The van der Waals surface area contributed by atoms with E-state index in [0.29, 0.717) is 16.8 Å². The molecule has 0 amide bonds. The maximum Gasteiger partial charge on any atom is 0.418 e. The van der Waals surface area contributed by atoms with E-state index in [0.717, 1.165) is 6.07 Å². The van der Waals surface area contributed by atoms with Crippen molar-refractivity contribution in [3.05, 3.63) is 40.5 Å². The predicted molar refractivity (Wildman–Crippen MR) is 65.6 cm³/mol. The zero-order valence-corrected chi connectivity index (χ0v) is 11.1. The quantitative estimate of drug-likeness (QED) is 0.928. The summed E-state index contributed by atoms with van der Waals surface area (Å²) in [6, 6.07) is 3.77. The number of nitrogens with one attached hydrogen (secondary N) is 1. The van der Waals surface area contributed by atoms with Crippen LogP contribution in [-0.2, 0) is 12.6 Å². The highest BCUT2D eigenvalue weighted by Gasteiger charge is 2.33. The SMILES string of the molecule is FC(F)(F)c1ccc(Br)cc1NCCc1ncno1. The number of nitrogens with zero attached hydrogens (tertiary/aromatic N) is 2. The smallest absolute Gasteiger partial charge is 0.384 e. The van der Waals surface area contributed by atoms with Gasteiger partial charge in [-0.2, -0.15) is 18.2 Å². The van der Waals surface area contributed by atoms with Gasteiger partial charge in [0.25, 0.3) is 0 Å². The van der Waals surface area contributed by atoms with Crippen molar-refractivity contribution < 1.29 is 17.7 Å². The number of halogens is 4. The normalized spacial score (nSPS) is 11.6. The molecule has 0 spiro atoms. The molecule has 1 N–H and O–H groups in total. The van der Waals surface area contributed by atoms with Crippen molar-refractivity contribution in [1.29, 1.82) is 0 Å². The third-order valence-electron chi connectivity index (χ3n) is 2.35. The second-order valence-electron chi connectivity index (χ2n) is 3.70. The van der Waals surface area contributed by atoms with Crippen LogP contribution in [0.2, 0.25) is 0 Å². The second kappa shape index (κ2) is 5.60. The zero-order chi connectivity index (χ0) is 13.9. The van der Waals surface area contributed by atoms with Crippen molar-refractivity contribution in [3.8, 4) is 0 Å². The third-order valence-corrected chi connectivity index (χ3v) is 2.84. The van der Waals surface area contributed by atoms with Gasteiger partial charge in [-0.25, -0.2) is 0 Å². The fraction of sp³-hybridized carbons (Fsp3) is 0.273. The fourth-order valence-electron chi connectivity index (χ4n) is 1.52. The van der Waals surface area contributed by atoms with Crippen molar-refractivity contribution in [2.45, 2.75) is 12.6 Å². The first-order valence-electron chi connectivity index (χ1n) is 5.33. The molecular formula is C11H9BrF3N3O. The number of hydrogen-bond acceptors (Lipinski definition) is 4. The highest BCUT2D eigenvalue weighted by atomic mass is 79.9. The number of benzene rings is 1. The molecule has 1 aromatic heterocycles. The van der Waals surface area contributed by atoms with Crippen LogP contribution in [0.5, 0.6) is 0 Å². The van der Waals surface area contributed by atoms with Gasteiger partial charge in [0.2, 0.25) is 5.89 Å². The van der Waals surface area contributed by atoms with Gasteiger partial charge in [0.05, 0.1) is 5.56 Å². The molecule has 0 saturated heterocycles. The molecule has 0 fully saturated rings. The van der Waals surface area contributed by atoms with Crippen LogP contribution in [0.3, 0.4) is 0 Å². The Labute approximate surface area is 115 Å². The van der Waals surface area contributed by atoms with E-state index >= 15 is 0 Å². The summed E-state index contributed by atoms with van der Waals surface area (Å²) in [6.07, 6.45) is -2.80. The third kappa shape index (κ3) is 3.69.